The summed E-state index contributed by atoms with van der Waals surface area (Å²) in [7, 11) is 0. The number of benzene rings is 2. The maximum Gasteiger partial charge on any atom is 0.137 e. The molecule has 2 aromatic carbocycles. The second kappa shape index (κ2) is 9.53. The lowest BCUT2D eigenvalue weighted by atomic mass is 9.91. The summed E-state index contributed by atoms with van der Waals surface area (Å²) >= 11 is 22.0. The van der Waals surface area contributed by atoms with Gasteiger partial charge in [-0.25, -0.2) is 5.01 Å². The number of thiocarbonyl (C=S) groups is 1. The van der Waals surface area contributed by atoms with E-state index in [0.717, 1.165) is 34.5 Å². The molecule has 0 aliphatic carbocycles. The molecule has 1 fully saturated rings. The molecule has 2 aromatic rings. The number of hydrogen-bond donors (Lipinski definition) is 1. The topological polar surface area (TPSA) is 30.9 Å². The van der Waals surface area contributed by atoms with Gasteiger partial charge in [-0.15, -0.1) is 0 Å². The lowest BCUT2D eigenvalue weighted by Gasteiger charge is -2.29. The van der Waals surface area contributed by atoms with Gasteiger partial charge in [0.15, 0.2) is 0 Å². The molecule has 0 aromatic heterocycles. The molecule has 0 bridgehead atoms. The average molecular weight is 526 g/mol. The summed E-state index contributed by atoms with van der Waals surface area (Å²) in [5.41, 5.74) is 6.25. The fraction of sp³-hybridized carbons (Fsp3) is 0.364. The van der Waals surface area contributed by atoms with Gasteiger partial charge in [0.1, 0.15) is 10.7 Å². The molecule has 2 heterocycles. The van der Waals surface area contributed by atoms with Crippen LogP contribution in [0.2, 0.25) is 10.0 Å². The number of halogens is 3. The number of rotatable bonds is 4. The second-order valence-corrected chi connectivity index (χ2v) is 9.87. The van der Waals surface area contributed by atoms with Crippen molar-refractivity contribution in [2.45, 2.75) is 32.2 Å². The number of hydrogen-bond acceptors (Lipinski definition) is 4. The highest BCUT2D eigenvalue weighted by molar-refractivity contribution is 9.10. The highest BCUT2D eigenvalue weighted by atomic mass is 79.9. The summed E-state index contributed by atoms with van der Waals surface area (Å²) in [5.74, 6) is 0.0858. The number of anilines is 1. The van der Waals surface area contributed by atoms with Crippen LogP contribution < -0.4 is 10.4 Å². The fourth-order valence-electron chi connectivity index (χ4n) is 4.05. The van der Waals surface area contributed by atoms with Crippen molar-refractivity contribution in [3.63, 3.8) is 0 Å². The van der Waals surface area contributed by atoms with Crippen molar-refractivity contribution < 1.29 is 0 Å². The predicted octanol–water partition coefficient (Wildman–Crippen LogP) is 6.63. The molecule has 4 rings (SSSR count). The molecule has 4 nitrogen and oxygen atoms in total. The van der Waals surface area contributed by atoms with Gasteiger partial charge < -0.3 is 5.43 Å². The number of nitrogens with one attached hydrogen (secondary N) is 1. The molecule has 0 unspecified atom stereocenters. The second-order valence-electron chi connectivity index (χ2n) is 7.70. The monoisotopic (exact) mass is 524 g/mol. The molecule has 8 heteroatoms. The third kappa shape index (κ3) is 4.68. The fourth-order valence-corrected chi connectivity index (χ4v) is 5.17. The van der Waals surface area contributed by atoms with Crippen LogP contribution in [0.1, 0.15) is 37.8 Å². The Bertz CT molecular complexity index is 960. The maximum atomic E-state index is 6.56. The van der Waals surface area contributed by atoms with Crippen molar-refractivity contribution >= 4 is 67.7 Å². The van der Waals surface area contributed by atoms with Crippen LogP contribution in [-0.4, -0.2) is 28.8 Å². The van der Waals surface area contributed by atoms with Gasteiger partial charge in [0, 0.05) is 28.5 Å². The number of hydrazine groups is 1. The van der Waals surface area contributed by atoms with Crippen molar-refractivity contribution in [2.75, 3.05) is 18.1 Å². The molecule has 1 saturated heterocycles. The smallest absolute Gasteiger partial charge is 0.137 e. The largest absolute Gasteiger partial charge is 0.308 e. The van der Waals surface area contributed by atoms with Crippen LogP contribution in [0.3, 0.4) is 0 Å². The standard InChI is InChI=1S/C22H23BrCl2N4S/c1-14-20(22(30)27-28-11-3-2-4-12-28)26-29(19-10-9-17(24)13-18(19)25)21(14)15-5-7-16(23)8-6-15/h5-10,13-14,21H,2-4,11-12H2,1H3,(H,27,30)/t14-,21+/m0/s1. The van der Waals surface area contributed by atoms with E-state index < -0.39 is 0 Å². The lowest BCUT2D eigenvalue weighted by Crippen LogP contribution is -2.47. The van der Waals surface area contributed by atoms with Crippen molar-refractivity contribution in [3.05, 3.63) is 62.5 Å². The van der Waals surface area contributed by atoms with Gasteiger partial charge in [0.25, 0.3) is 0 Å². The van der Waals surface area contributed by atoms with Crippen LogP contribution in [0.15, 0.2) is 52.0 Å². The Balaban J connectivity index is 1.68. The zero-order valence-corrected chi connectivity index (χ0v) is 20.5. The summed E-state index contributed by atoms with van der Waals surface area (Å²) in [6.45, 7) is 4.18. The van der Waals surface area contributed by atoms with E-state index in [0.29, 0.717) is 15.0 Å². The van der Waals surface area contributed by atoms with E-state index in [1.54, 1.807) is 6.07 Å². The van der Waals surface area contributed by atoms with Gasteiger partial charge in [0.05, 0.1) is 16.8 Å². The van der Waals surface area contributed by atoms with E-state index in [1.165, 1.54) is 19.3 Å². The minimum Gasteiger partial charge on any atom is -0.308 e. The molecule has 0 saturated carbocycles. The predicted molar refractivity (Wildman–Crippen MR) is 134 cm³/mol. The molecule has 0 spiro atoms. The van der Waals surface area contributed by atoms with E-state index in [9.17, 15) is 0 Å². The van der Waals surface area contributed by atoms with Gasteiger partial charge >= 0.3 is 0 Å². The molecule has 2 atom stereocenters. The van der Waals surface area contributed by atoms with Gasteiger partial charge in [-0.2, -0.15) is 5.10 Å². The Morgan fingerprint density at radius 3 is 2.47 bits per heavy atom. The summed E-state index contributed by atoms with van der Waals surface area (Å²) in [6.07, 6.45) is 3.65. The van der Waals surface area contributed by atoms with Gasteiger partial charge in [-0.1, -0.05) is 76.8 Å². The molecule has 158 valence electrons. The summed E-state index contributed by atoms with van der Waals surface area (Å²) in [5, 5.41) is 10.3. The summed E-state index contributed by atoms with van der Waals surface area (Å²) in [6, 6.07) is 13.8. The Hall–Kier alpha value is -1.18. The van der Waals surface area contributed by atoms with Gasteiger partial charge in [-0.05, 0) is 48.7 Å². The van der Waals surface area contributed by atoms with E-state index in [2.05, 4.69) is 45.4 Å². The highest BCUT2D eigenvalue weighted by Crippen LogP contribution is 2.42. The van der Waals surface area contributed by atoms with E-state index >= 15 is 0 Å². The molecule has 2 aliphatic heterocycles. The number of nitrogens with zero attached hydrogens (tertiary/aromatic N) is 3. The lowest BCUT2D eigenvalue weighted by molar-refractivity contribution is 0.197. The molecule has 0 radical (unpaired) electrons. The van der Waals surface area contributed by atoms with E-state index in [4.69, 9.17) is 40.5 Å². The SMILES string of the molecule is C[C@H]1C(C(=S)NN2CCCCC2)=NN(c2ccc(Cl)cc2Cl)[C@H]1c1ccc(Br)cc1. The Morgan fingerprint density at radius 2 is 1.80 bits per heavy atom. The first-order valence-electron chi connectivity index (χ1n) is 10.1. The third-order valence-electron chi connectivity index (χ3n) is 5.60. The van der Waals surface area contributed by atoms with Crippen LogP contribution in [0.25, 0.3) is 0 Å². The minimum atomic E-state index is -0.0205. The first-order valence-corrected chi connectivity index (χ1v) is 12.0. The Labute approximate surface area is 201 Å². The van der Waals surface area contributed by atoms with Crippen LogP contribution in [0.4, 0.5) is 5.69 Å². The maximum absolute atomic E-state index is 6.56. The molecule has 0 amide bonds. The normalized spacial score (nSPS) is 22.1. The average Bonchev–Trinajstić information content (AvgIpc) is 3.06. The van der Waals surface area contributed by atoms with E-state index in [-0.39, 0.29) is 12.0 Å². The summed E-state index contributed by atoms with van der Waals surface area (Å²) in [4.78, 5) is 0.680. The van der Waals surface area contributed by atoms with Crippen molar-refractivity contribution in [1.29, 1.82) is 0 Å². The minimum absolute atomic E-state index is 0.0205. The van der Waals surface area contributed by atoms with Gasteiger partial charge in [-0.3, -0.25) is 5.01 Å². The highest BCUT2D eigenvalue weighted by Gasteiger charge is 2.39. The molecular weight excluding hydrogens is 503 g/mol. The van der Waals surface area contributed by atoms with Crippen molar-refractivity contribution in [2.24, 2.45) is 11.0 Å². The summed E-state index contributed by atoms with van der Waals surface area (Å²) < 4.78 is 1.04. The molecule has 1 N–H and O–H groups in total. The van der Waals surface area contributed by atoms with E-state index in [1.807, 2.05) is 29.3 Å². The molecule has 30 heavy (non-hydrogen) atoms. The molecular formula is C22H23BrCl2N4S. The first-order chi connectivity index (χ1) is 14.4. The zero-order valence-electron chi connectivity index (χ0n) is 16.6. The number of piperidine rings is 1. The third-order valence-corrected chi connectivity index (χ3v) is 6.97. The van der Waals surface area contributed by atoms with Crippen molar-refractivity contribution in [1.82, 2.24) is 10.4 Å². The van der Waals surface area contributed by atoms with Gasteiger partial charge in [0.2, 0.25) is 0 Å². The zero-order chi connectivity index (χ0) is 21.3. The van der Waals surface area contributed by atoms with Crippen LogP contribution in [0.5, 0.6) is 0 Å². The number of hydrazone groups is 1. The van der Waals surface area contributed by atoms with Crippen LogP contribution in [-0.2, 0) is 0 Å². The molecule has 2 aliphatic rings. The quantitative estimate of drug-likeness (QED) is 0.454. The van der Waals surface area contributed by atoms with Crippen LogP contribution in [0, 0.1) is 5.92 Å². The van der Waals surface area contributed by atoms with Crippen molar-refractivity contribution in [3.8, 4) is 0 Å². The Kier molecular flexibility index (Phi) is 7.00. The first kappa shape index (κ1) is 22.0. The van der Waals surface area contributed by atoms with Crippen LogP contribution >= 0.6 is 51.3 Å². The Morgan fingerprint density at radius 1 is 1.10 bits per heavy atom.